The molecule has 0 bridgehead atoms. The molecule has 0 saturated heterocycles. The number of carbonyl (C=O) groups excluding carboxylic acids is 2. The van der Waals surface area contributed by atoms with Gasteiger partial charge in [0, 0.05) is 5.69 Å². The van der Waals surface area contributed by atoms with Crippen molar-refractivity contribution >= 4 is 17.6 Å². The molecular weight excluding hydrogens is 299 g/mol. The molecule has 120 valence electrons. The lowest BCUT2D eigenvalue weighted by molar-refractivity contribution is -0.121. The Morgan fingerprint density at radius 3 is 2.57 bits per heavy atom. The number of imide groups is 1. The van der Waals surface area contributed by atoms with Gasteiger partial charge in [-0.1, -0.05) is 24.3 Å². The van der Waals surface area contributed by atoms with Gasteiger partial charge in [-0.3, -0.25) is 10.1 Å². The summed E-state index contributed by atoms with van der Waals surface area (Å²) in [7, 11) is 0. The van der Waals surface area contributed by atoms with Crippen LogP contribution in [0.2, 0.25) is 0 Å². The molecule has 3 amide bonds. The van der Waals surface area contributed by atoms with Crippen LogP contribution in [0.25, 0.3) is 0 Å². The number of anilines is 1. The number of para-hydroxylation sites is 1. The number of carbonyl (C=O) groups is 2. The number of ether oxygens (including phenoxy) is 1. The van der Waals surface area contributed by atoms with Crippen molar-refractivity contribution in [2.24, 2.45) is 0 Å². The Labute approximate surface area is 133 Å². The third kappa shape index (κ3) is 4.54. The van der Waals surface area contributed by atoms with E-state index < -0.39 is 24.4 Å². The van der Waals surface area contributed by atoms with Crippen molar-refractivity contribution in [3.63, 3.8) is 0 Å². The summed E-state index contributed by atoms with van der Waals surface area (Å²) in [5, 5.41) is 4.72. The largest absolute Gasteiger partial charge is 0.481 e. The fourth-order valence-corrected chi connectivity index (χ4v) is 1.91. The van der Waals surface area contributed by atoms with E-state index in [4.69, 9.17) is 4.74 Å². The number of aryl methyl sites for hydroxylation is 1. The van der Waals surface area contributed by atoms with Gasteiger partial charge in [-0.25, -0.2) is 9.18 Å². The second-order valence-electron chi connectivity index (χ2n) is 4.97. The summed E-state index contributed by atoms with van der Waals surface area (Å²) in [4.78, 5) is 23.5. The zero-order valence-corrected chi connectivity index (χ0v) is 12.9. The standard InChI is InChI=1S/C17H17FN2O3/c1-11-6-5-8-14(12(11)2)19-17(22)20-16(21)10-23-15-9-4-3-7-13(15)18/h3-9H,10H2,1-2H3,(H2,19,20,21,22). The third-order valence-corrected chi connectivity index (χ3v) is 3.30. The van der Waals surface area contributed by atoms with Gasteiger partial charge >= 0.3 is 6.03 Å². The van der Waals surface area contributed by atoms with Crippen molar-refractivity contribution in [3.8, 4) is 5.75 Å². The van der Waals surface area contributed by atoms with Crippen molar-refractivity contribution in [1.29, 1.82) is 0 Å². The monoisotopic (exact) mass is 316 g/mol. The normalized spacial score (nSPS) is 10.0. The number of hydrogen-bond acceptors (Lipinski definition) is 3. The molecule has 0 aliphatic rings. The molecule has 6 heteroatoms. The highest BCUT2D eigenvalue weighted by atomic mass is 19.1. The molecule has 23 heavy (non-hydrogen) atoms. The molecule has 0 aliphatic heterocycles. The molecular formula is C17H17FN2O3. The van der Waals surface area contributed by atoms with Crippen molar-refractivity contribution in [1.82, 2.24) is 5.32 Å². The average molecular weight is 316 g/mol. The molecule has 0 spiro atoms. The summed E-state index contributed by atoms with van der Waals surface area (Å²) in [5.41, 5.74) is 2.56. The number of urea groups is 1. The highest BCUT2D eigenvalue weighted by Crippen LogP contribution is 2.17. The van der Waals surface area contributed by atoms with Gasteiger partial charge in [0.25, 0.3) is 5.91 Å². The zero-order valence-electron chi connectivity index (χ0n) is 12.9. The Bertz CT molecular complexity index is 732. The average Bonchev–Trinajstić information content (AvgIpc) is 2.51. The molecule has 2 aromatic carbocycles. The lowest BCUT2D eigenvalue weighted by Crippen LogP contribution is -2.37. The molecule has 0 unspecified atom stereocenters. The number of halogens is 1. The highest BCUT2D eigenvalue weighted by molar-refractivity contribution is 6.02. The summed E-state index contributed by atoms with van der Waals surface area (Å²) in [5.74, 6) is -1.28. The Kier molecular flexibility index (Phi) is 5.30. The molecule has 2 aromatic rings. The Morgan fingerprint density at radius 1 is 1.09 bits per heavy atom. The van der Waals surface area contributed by atoms with Gasteiger partial charge < -0.3 is 10.1 Å². The van der Waals surface area contributed by atoms with Gasteiger partial charge in [-0.05, 0) is 43.2 Å². The molecule has 0 aromatic heterocycles. The first kappa shape index (κ1) is 16.5. The minimum atomic E-state index is -0.670. The van der Waals surface area contributed by atoms with E-state index in [1.54, 1.807) is 18.2 Å². The number of amides is 3. The molecule has 0 heterocycles. The number of hydrogen-bond donors (Lipinski definition) is 2. The molecule has 0 saturated carbocycles. The summed E-state index contributed by atoms with van der Waals surface area (Å²) >= 11 is 0. The van der Waals surface area contributed by atoms with E-state index in [0.29, 0.717) is 5.69 Å². The molecule has 5 nitrogen and oxygen atoms in total. The maximum absolute atomic E-state index is 13.3. The Balaban J connectivity index is 1.86. The third-order valence-electron chi connectivity index (χ3n) is 3.30. The minimum Gasteiger partial charge on any atom is -0.481 e. The van der Waals surface area contributed by atoms with Gasteiger partial charge in [0.1, 0.15) is 0 Å². The first-order valence-electron chi connectivity index (χ1n) is 7.01. The van der Waals surface area contributed by atoms with E-state index in [1.807, 2.05) is 19.9 Å². The highest BCUT2D eigenvalue weighted by Gasteiger charge is 2.11. The molecule has 0 aliphatic carbocycles. The topological polar surface area (TPSA) is 67.4 Å². The predicted octanol–water partition coefficient (Wildman–Crippen LogP) is 3.17. The molecule has 0 atom stereocenters. The van der Waals surface area contributed by atoms with Gasteiger partial charge in [0.2, 0.25) is 0 Å². The number of rotatable bonds is 4. The van der Waals surface area contributed by atoms with Crippen LogP contribution in [0.5, 0.6) is 5.75 Å². The smallest absolute Gasteiger partial charge is 0.325 e. The maximum atomic E-state index is 13.3. The van der Waals surface area contributed by atoms with Crippen LogP contribution < -0.4 is 15.4 Å². The van der Waals surface area contributed by atoms with E-state index in [2.05, 4.69) is 10.6 Å². The Morgan fingerprint density at radius 2 is 1.83 bits per heavy atom. The van der Waals surface area contributed by atoms with Crippen LogP contribution in [0.4, 0.5) is 14.9 Å². The van der Waals surface area contributed by atoms with Crippen LogP contribution in [-0.2, 0) is 4.79 Å². The van der Waals surface area contributed by atoms with Crippen molar-refractivity contribution in [2.45, 2.75) is 13.8 Å². The van der Waals surface area contributed by atoms with Gasteiger partial charge in [-0.2, -0.15) is 0 Å². The summed E-state index contributed by atoms with van der Waals surface area (Å²) in [6.45, 7) is 3.33. The number of nitrogens with one attached hydrogen (secondary N) is 2. The van der Waals surface area contributed by atoms with Crippen molar-refractivity contribution < 1.29 is 18.7 Å². The summed E-state index contributed by atoms with van der Waals surface area (Å²) in [6, 6.07) is 10.5. The van der Waals surface area contributed by atoms with E-state index in [1.165, 1.54) is 18.2 Å². The van der Waals surface area contributed by atoms with Crippen molar-refractivity contribution in [3.05, 3.63) is 59.4 Å². The van der Waals surface area contributed by atoms with Gasteiger partial charge in [0.05, 0.1) is 0 Å². The first-order chi connectivity index (χ1) is 11.0. The maximum Gasteiger partial charge on any atom is 0.325 e. The van der Waals surface area contributed by atoms with Crippen molar-refractivity contribution in [2.75, 3.05) is 11.9 Å². The lowest BCUT2D eigenvalue weighted by Gasteiger charge is -2.11. The molecule has 2 rings (SSSR count). The van der Waals surface area contributed by atoms with E-state index >= 15 is 0 Å². The second-order valence-corrected chi connectivity index (χ2v) is 4.97. The van der Waals surface area contributed by atoms with E-state index in [9.17, 15) is 14.0 Å². The SMILES string of the molecule is Cc1cccc(NC(=O)NC(=O)COc2ccccc2F)c1C. The van der Waals surface area contributed by atoms with Crippen LogP contribution in [0.3, 0.4) is 0 Å². The van der Waals surface area contributed by atoms with Crippen LogP contribution >= 0.6 is 0 Å². The second kappa shape index (κ2) is 7.40. The predicted molar refractivity (Wildman–Crippen MR) is 85.0 cm³/mol. The lowest BCUT2D eigenvalue weighted by atomic mass is 10.1. The fourth-order valence-electron chi connectivity index (χ4n) is 1.91. The van der Waals surface area contributed by atoms with Crippen LogP contribution in [0, 0.1) is 19.7 Å². The van der Waals surface area contributed by atoms with Crippen LogP contribution in [-0.4, -0.2) is 18.5 Å². The molecule has 0 radical (unpaired) electrons. The fraction of sp³-hybridized carbons (Fsp3) is 0.176. The van der Waals surface area contributed by atoms with Gasteiger partial charge in [-0.15, -0.1) is 0 Å². The summed E-state index contributed by atoms with van der Waals surface area (Å²) < 4.78 is 18.4. The summed E-state index contributed by atoms with van der Waals surface area (Å²) in [6.07, 6.45) is 0. The molecule has 2 N–H and O–H groups in total. The first-order valence-corrected chi connectivity index (χ1v) is 7.01. The van der Waals surface area contributed by atoms with E-state index in [0.717, 1.165) is 11.1 Å². The number of benzene rings is 2. The zero-order chi connectivity index (χ0) is 16.8. The molecule has 0 fully saturated rings. The van der Waals surface area contributed by atoms with E-state index in [-0.39, 0.29) is 5.75 Å². The Hall–Kier alpha value is -2.89. The van der Waals surface area contributed by atoms with Crippen LogP contribution in [0.15, 0.2) is 42.5 Å². The van der Waals surface area contributed by atoms with Crippen LogP contribution in [0.1, 0.15) is 11.1 Å². The van der Waals surface area contributed by atoms with Gasteiger partial charge in [0.15, 0.2) is 18.2 Å². The quantitative estimate of drug-likeness (QED) is 0.910. The minimum absolute atomic E-state index is 0.0439.